The first-order valence-corrected chi connectivity index (χ1v) is 11.5. The maximum absolute atomic E-state index is 13.0. The van der Waals surface area contributed by atoms with Crippen molar-refractivity contribution in [2.75, 3.05) is 5.75 Å². The molecule has 0 atom stereocenters. The summed E-state index contributed by atoms with van der Waals surface area (Å²) in [5.74, 6) is 1.63. The van der Waals surface area contributed by atoms with Crippen molar-refractivity contribution in [3.05, 3.63) is 0 Å². The topological polar surface area (TPSA) is 63.9 Å². The van der Waals surface area contributed by atoms with E-state index in [1.54, 1.807) is 0 Å². The third kappa shape index (κ3) is 4.07. The summed E-state index contributed by atoms with van der Waals surface area (Å²) in [5, 5.41) is 13.0. The number of hydrogen-bond donors (Lipinski definition) is 0. The largest absolute Gasteiger partial charge is 0.336 e. The van der Waals surface area contributed by atoms with E-state index in [2.05, 4.69) is 27.3 Å². The highest BCUT2D eigenvalue weighted by Gasteiger charge is 2.38. The zero-order valence-electron chi connectivity index (χ0n) is 15.8. The fraction of sp³-hybridized carbons (Fsp3) is 0.895. The Bertz CT molecular complexity index is 603. The van der Waals surface area contributed by atoms with E-state index in [9.17, 15) is 4.79 Å². The summed E-state index contributed by atoms with van der Waals surface area (Å²) in [6.45, 7) is 2.29. The molecule has 3 saturated carbocycles. The number of amides is 1. The van der Waals surface area contributed by atoms with E-state index < -0.39 is 0 Å². The van der Waals surface area contributed by atoms with Gasteiger partial charge >= 0.3 is 0 Å². The minimum atomic E-state index is 0.290. The SMILES string of the molecule is CCC1CCC(N(C(=O)CSc2nnnn2C2CCCC2)C2CC2)CC1. The Morgan fingerprint density at radius 3 is 2.35 bits per heavy atom. The molecule has 1 aromatic heterocycles. The monoisotopic (exact) mass is 377 g/mol. The highest BCUT2D eigenvalue weighted by molar-refractivity contribution is 7.99. The van der Waals surface area contributed by atoms with E-state index in [0.717, 1.165) is 23.9 Å². The van der Waals surface area contributed by atoms with Crippen LogP contribution in [0.2, 0.25) is 0 Å². The van der Waals surface area contributed by atoms with Gasteiger partial charge in [0.2, 0.25) is 11.1 Å². The van der Waals surface area contributed by atoms with Crippen LogP contribution in [0.1, 0.15) is 83.6 Å². The third-order valence-corrected chi connectivity index (χ3v) is 7.39. The third-order valence-electron chi connectivity index (χ3n) is 6.47. The zero-order chi connectivity index (χ0) is 17.9. The summed E-state index contributed by atoms with van der Waals surface area (Å²) in [6.07, 6.45) is 13.4. The highest BCUT2D eigenvalue weighted by Crippen LogP contribution is 2.37. The average molecular weight is 378 g/mol. The van der Waals surface area contributed by atoms with Crippen molar-refractivity contribution in [2.45, 2.75) is 101 Å². The first kappa shape index (κ1) is 18.3. The Labute approximate surface area is 160 Å². The Balaban J connectivity index is 1.35. The van der Waals surface area contributed by atoms with Crippen molar-refractivity contribution in [3.8, 4) is 0 Å². The van der Waals surface area contributed by atoms with Gasteiger partial charge in [0, 0.05) is 12.1 Å². The summed E-state index contributed by atoms with van der Waals surface area (Å²) < 4.78 is 1.96. The van der Waals surface area contributed by atoms with Crippen LogP contribution in [0.4, 0.5) is 0 Å². The van der Waals surface area contributed by atoms with Crippen LogP contribution in [0.3, 0.4) is 0 Å². The molecular weight excluding hydrogens is 346 g/mol. The molecule has 1 aromatic rings. The lowest BCUT2D eigenvalue weighted by Gasteiger charge is -2.37. The van der Waals surface area contributed by atoms with Crippen LogP contribution in [-0.2, 0) is 4.79 Å². The van der Waals surface area contributed by atoms with Gasteiger partial charge in [0.1, 0.15) is 0 Å². The average Bonchev–Trinajstić information content (AvgIpc) is 3.16. The fourth-order valence-electron chi connectivity index (χ4n) is 4.75. The van der Waals surface area contributed by atoms with Gasteiger partial charge in [-0.25, -0.2) is 4.68 Å². The van der Waals surface area contributed by atoms with E-state index in [0.29, 0.717) is 29.8 Å². The van der Waals surface area contributed by atoms with Crippen LogP contribution in [0.5, 0.6) is 0 Å². The molecule has 3 aliphatic rings. The van der Waals surface area contributed by atoms with Crippen LogP contribution >= 0.6 is 11.8 Å². The fourth-order valence-corrected chi connectivity index (χ4v) is 5.56. The van der Waals surface area contributed by atoms with Gasteiger partial charge in [-0.05, 0) is 67.7 Å². The van der Waals surface area contributed by atoms with E-state index in [4.69, 9.17) is 0 Å². The molecule has 0 saturated heterocycles. The number of carbonyl (C=O) groups is 1. The maximum atomic E-state index is 13.0. The van der Waals surface area contributed by atoms with Gasteiger partial charge in [0.05, 0.1) is 11.8 Å². The highest BCUT2D eigenvalue weighted by atomic mass is 32.2. The predicted octanol–water partition coefficient (Wildman–Crippen LogP) is 3.84. The van der Waals surface area contributed by atoms with Crippen LogP contribution in [-0.4, -0.2) is 48.9 Å². The lowest BCUT2D eigenvalue weighted by atomic mass is 9.84. The van der Waals surface area contributed by atoms with Gasteiger partial charge in [-0.3, -0.25) is 4.79 Å². The second-order valence-electron chi connectivity index (χ2n) is 8.25. The first-order valence-electron chi connectivity index (χ1n) is 10.5. The molecule has 1 heterocycles. The molecule has 7 heteroatoms. The van der Waals surface area contributed by atoms with E-state index in [1.807, 2.05) is 4.68 Å². The molecule has 4 rings (SSSR count). The molecule has 0 aliphatic heterocycles. The summed E-state index contributed by atoms with van der Waals surface area (Å²) in [5.41, 5.74) is 0. The molecule has 144 valence electrons. The normalized spacial score (nSPS) is 27.0. The summed E-state index contributed by atoms with van der Waals surface area (Å²) >= 11 is 1.53. The molecule has 0 N–H and O–H groups in total. The smallest absolute Gasteiger partial charge is 0.233 e. The molecule has 3 fully saturated rings. The number of aromatic nitrogens is 4. The summed E-state index contributed by atoms with van der Waals surface area (Å²) in [4.78, 5) is 15.3. The number of thioether (sulfide) groups is 1. The molecule has 0 aromatic carbocycles. The van der Waals surface area contributed by atoms with Crippen molar-refractivity contribution in [3.63, 3.8) is 0 Å². The van der Waals surface area contributed by atoms with Crippen molar-refractivity contribution < 1.29 is 4.79 Å². The van der Waals surface area contributed by atoms with Crippen molar-refractivity contribution in [1.29, 1.82) is 0 Å². The van der Waals surface area contributed by atoms with Crippen LogP contribution in [0.25, 0.3) is 0 Å². The van der Waals surface area contributed by atoms with Crippen LogP contribution < -0.4 is 0 Å². The summed E-state index contributed by atoms with van der Waals surface area (Å²) in [7, 11) is 0. The second-order valence-corrected chi connectivity index (χ2v) is 9.19. The Kier molecular flexibility index (Phi) is 5.81. The van der Waals surface area contributed by atoms with Crippen LogP contribution in [0.15, 0.2) is 5.16 Å². The van der Waals surface area contributed by atoms with Crippen molar-refractivity contribution in [1.82, 2.24) is 25.1 Å². The molecular formula is C19H31N5OS. The van der Waals surface area contributed by atoms with Crippen LogP contribution in [0, 0.1) is 5.92 Å². The van der Waals surface area contributed by atoms with Crippen molar-refractivity contribution in [2.24, 2.45) is 5.92 Å². The molecule has 0 spiro atoms. The minimum Gasteiger partial charge on any atom is -0.336 e. The van der Waals surface area contributed by atoms with E-state index >= 15 is 0 Å². The van der Waals surface area contributed by atoms with Gasteiger partial charge in [0.25, 0.3) is 0 Å². The number of hydrogen-bond acceptors (Lipinski definition) is 5. The maximum Gasteiger partial charge on any atom is 0.233 e. The number of tetrazole rings is 1. The minimum absolute atomic E-state index is 0.290. The van der Waals surface area contributed by atoms with E-state index in [-0.39, 0.29) is 0 Å². The second kappa shape index (κ2) is 8.28. The predicted molar refractivity (Wildman–Crippen MR) is 102 cm³/mol. The van der Waals surface area contributed by atoms with Gasteiger partial charge in [-0.2, -0.15) is 0 Å². The number of carbonyl (C=O) groups excluding carboxylic acids is 1. The first-order chi connectivity index (χ1) is 12.8. The quantitative estimate of drug-likeness (QED) is 0.676. The molecule has 6 nitrogen and oxygen atoms in total. The van der Waals surface area contributed by atoms with E-state index in [1.165, 1.54) is 69.5 Å². The molecule has 3 aliphatic carbocycles. The molecule has 0 radical (unpaired) electrons. The zero-order valence-corrected chi connectivity index (χ0v) is 16.7. The lowest BCUT2D eigenvalue weighted by Crippen LogP contribution is -2.44. The molecule has 1 amide bonds. The van der Waals surface area contributed by atoms with Gasteiger partial charge in [0.15, 0.2) is 0 Å². The Morgan fingerprint density at radius 2 is 1.73 bits per heavy atom. The van der Waals surface area contributed by atoms with Gasteiger partial charge in [-0.1, -0.05) is 37.9 Å². The lowest BCUT2D eigenvalue weighted by molar-refractivity contribution is -0.132. The Morgan fingerprint density at radius 1 is 1.08 bits per heavy atom. The summed E-state index contributed by atoms with van der Waals surface area (Å²) in [6, 6.07) is 1.38. The van der Waals surface area contributed by atoms with Gasteiger partial charge < -0.3 is 4.90 Å². The Hall–Kier alpha value is -1.11. The number of nitrogens with zero attached hydrogens (tertiary/aromatic N) is 5. The standard InChI is InChI=1S/C19H31N5OS/c1-2-14-7-9-15(10-8-14)23(16-11-12-16)18(25)13-26-19-20-21-22-24(19)17-5-3-4-6-17/h14-17H,2-13H2,1H3. The molecule has 0 unspecified atom stereocenters. The molecule has 26 heavy (non-hydrogen) atoms. The van der Waals surface area contributed by atoms with Gasteiger partial charge in [-0.15, -0.1) is 5.10 Å². The number of rotatable bonds is 7. The van der Waals surface area contributed by atoms with Crippen molar-refractivity contribution >= 4 is 17.7 Å². The molecule has 0 bridgehead atoms.